The summed E-state index contributed by atoms with van der Waals surface area (Å²) in [6, 6.07) is 17.8. The van der Waals surface area contributed by atoms with Crippen LogP contribution >= 0.6 is 0 Å². The standard InChI is InChI=1S/C25H18F3N3O3/c26-25(27,28)34-19-9-7-18(8-10-19)24(11-14-33-21-4-2-13-30-22(21)24)31-23(32)17-6-5-16-3-1-12-29-20(16)15-17/h1-10,12-13,15H,11,14H2,(H,31,32)/t24-/m0/s1. The van der Waals surface area contributed by atoms with Crippen molar-refractivity contribution in [3.8, 4) is 11.5 Å². The average molecular weight is 465 g/mol. The summed E-state index contributed by atoms with van der Waals surface area (Å²) >= 11 is 0. The third kappa shape index (κ3) is 4.12. The van der Waals surface area contributed by atoms with Crippen LogP contribution in [0.5, 0.6) is 11.5 Å². The van der Waals surface area contributed by atoms with E-state index in [1.165, 1.54) is 24.3 Å². The third-order valence-corrected chi connectivity index (χ3v) is 5.69. The molecule has 172 valence electrons. The fourth-order valence-corrected chi connectivity index (χ4v) is 4.15. The molecule has 1 N–H and O–H groups in total. The summed E-state index contributed by atoms with van der Waals surface area (Å²) in [7, 11) is 0. The van der Waals surface area contributed by atoms with E-state index in [0.717, 1.165) is 5.39 Å². The molecular weight excluding hydrogens is 447 g/mol. The SMILES string of the molecule is O=C(N[C@]1(c2ccc(OC(F)(F)F)cc2)CCOc2cccnc21)c1ccc2cccnc2c1. The number of benzene rings is 2. The van der Waals surface area contributed by atoms with Gasteiger partial charge in [-0.3, -0.25) is 14.8 Å². The second kappa shape index (κ2) is 8.33. The van der Waals surface area contributed by atoms with Crippen molar-refractivity contribution in [3.63, 3.8) is 0 Å². The number of nitrogens with zero attached hydrogens (tertiary/aromatic N) is 2. The van der Waals surface area contributed by atoms with E-state index in [1.54, 1.807) is 36.7 Å². The molecule has 0 aliphatic carbocycles. The van der Waals surface area contributed by atoms with Gasteiger partial charge < -0.3 is 14.8 Å². The summed E-state index contributed by atoms with van der Waals surface area (Å²) in [6.45, 7) is 0.277. The number of aromatic nitrogens is 2. The Bertz CT molecular complexity index is 1360. The minimum atomic E-state index is -4.80. The molecule has 3 heterocycles. The molecule has 1 atom stereocenters. The van der Waals surface area contributed by atoms with E-state index in [4.69, 9.17) is 4.74 Å². The number of ether oxygens (including phenoxy) is 2. The van der Waals surface area contributed by atoms with E-state index in [0.29, 0.717) is 34.5 Å². The van der Waals surface area contributed by atoms with E-state index < -0.39 is 11.9 Å². The number of fused-ring (bicyclic) bond motifs is 2. The largest absolute Gasteiger partial charge is 0.573 e. The number of pyridine rings is 2. The highest BCUT2D eigenvalue weighted by Crippen LogP contribution is 2.41. The van der Waals surface area contributed by atoms with Gasteiger partial charge in [0.1, 0.15) is 22.7 Å². The summed E-state index contributed by atoms with van der Waals surface area (Å²) in [6.07, 6.45) is -1.25. The first-order chi connectivity index (χ1) is 16.3. The number of rotatable bonds is 4. The molecule has 0 radical (unpaired) electrons. The molecule has 0 unspecified atom stereocenters. The van der Waals surface area contributed by atoms with E-state index in [9.17, 15) is 18.0 Å². The van der Waals surface area contributed by atoms with Gasteiger partial charge in [-0.1, -0.05) is 24.3 Å². The molecule has 1 aliphatic heterocycles. The number of halogens is 3. The Morgan fingerprint density at radius 3 is 2.56 bits per heavy atom. The fraction of sp³-hybridized carbons (Fsp3) is 0.160. The summed E-state index contributed by atoms with van der Waals surface area (Å²) in [4.78, 5) is 22.2. The van der Waals surface area contributed by atoms with Crippen LogP contribution in [0.1, 0.15) is 28.0 Å². The smallest absolute Gasteiger partial charge is 0.491 e. The second-order valence-electron chi connectivity index (χ2n) is 7.79. The van der Waals surface area contributed by atoms with E-state index in [1.807, 2.05) is 18.2 Å². The van der Waals surface area contributed by atoms with Gasteiger partial charge in [0.15, 0.2) is 0 Å². The van der Waals surface area contributed by atoms with Gasteiger partial charge in [0.2, 0.25) is 0 Å². The molecule has 0 saturated heterocycles. The lowest BCUT2D eigenvalue weighted by Gasteiger charge is -2.39. The minimum absolute atomic E-state index is 0.277. The van der Waals surface area contributed by atoms with Crippen LogP contribution in [0.25, 0.3) is 10.9 Å². The van der Waals surface area contributed by atoms with Crippen LogP contribution in [-0.4, -0.2) is 28.8 Å². The Hall–Kier alpha value is -4.14. The zero-order valence-electron chi connectivity index (χ0n) is 17.7. The topological polar surface area (TPSA) is 73.3 Å². The second-order valence-corrected chi connectivity index (χ2v) is 7.79. The lowest BCUT2D eigenvalue weighted by Crippen LogP contribution is -2.50. The van der Waals surface area contributed by atoms with Gasteiger partial charge in [-0.15, -0.1) is 13.2 Å². The van der Waals surface area contributed by atoms with E-state index in [2.05, 4.69) is 20.0 Å². The van der Waals surface area contributed by atoms with Crippen molar-refractivity contribution in [1.29, 1.82) is 0 Å². The van der Waals surface area contributed by atoms with Crippen LogP contribution in [-0.2, 0) is 5.54 Å². The Balaban J connectivity index is 1.56. The molecule has 6 nitrogen and oxygen atoms in total. The van der Waals surface area contributed by atoms with Crippen LogP contribution in [0.15, 0.2) is 79.1 Å². The number of alkyl halides is 3. The first kappa shape index (κ1) is 21.7. The highest BCUT2D eigenvalue weighted by molar-refractivity contribution is 5.98. The maximum atomic E-state index is 13.4. The molecule has 34 heavy (non-hydrogen) atoms. The molecular formula is C25H18F3N3O3. The van der Waals surface area contributed by atoms with Crippen molar-refractivity contribution in [3.05, 3.63) is 95.9 Å². The first-order valence-corrected chi connectivity index (χ1v) is 10.5. The monoisotopic (exact) mass is 465 g/mol. The third-order valence-electron chi connectivity index (χ3n) is 5.69. The maximum absolute atomic E-state index is 13.4. The van der Waals surface area contributed by atoms with Gasteiger partial charge >= 0.3 is 6.36 Å². The first-order valence-electron chi connectivity index (χ1n) is 10.5. The van der Waals surface area contributed by atoms with Crippen molar-refractivity contribution in [2.24, 2.45) is 0 Å². The summed E-state index contributed by atoms with van der Waals surface area (Å²) in [5, 5.41) is 3.98. The predicted molar refractivity (Wildman–Crippen MR) is 117 cm³/mol. The highest BCUT2D eigenvalue weighted by atomic mass is 19.4. The molecule has 1 aliphatic rings. The number of nitrogens with one attached hydrogen (secondary N) is 1. The van der Waals surface area contributed by atoms with Gasteiger partial charge in [0, 0.05) is 29.8 Å². The number of carbonyl (C=O) groups is 1. The lowest BCUT2D eigenvalue weighted by atomic mass is 9.81. The molecule has 0 spiro atoms. The van der Waals surface area contributed by atoms with Crippen molar-refractivity contribution in [1.82, 2.24) is 15.3 Å². The minimum Gasteiger partial charge on any atom is -0.491 e. The number of hydrogen-bond acceptors (Lipinski definition) is 5. The van der Waals surface area contributed by atoms with Crippen LogP contribution in [0.4, 0.5) is 13.2 Å². The number of carbonyl (C=O) groups excluding carboxylic acids is 1. The van der Waals surface area contributed by atoms with Crippen molar-refractivity contribution >= 4 is 16.8 Å². The molecule has 2 aromatic carbocycles. The summed E-state index contributed by atoms with van der Waals surface area (Å²) in [5.41, 5.74) is 0.965. The molecule has 9 heteroatoms. The molecule has 0 saturated carbocycles. The molecule has 4 aromatic rings. The Labute approximate surface area is 192 Å². The van der Waals surface area contributed by atoms with Crippen LogP contribution in [0, 0.1) is 0 Å². The normalized spacial score (nSPS) is 17.5. The van der Waals surface area contributed by atoms with E-state index >= 15 is 0 Å². The predicted octanol–water partition coefficient (Wildman–Crippen LogP) is 4.98. The van der Waals surface area contributed by atoms with Gasteiger partial charge in [0.25, 0.3) is 5.91 Å². The summed E-state index contributed by atoms with van der Waals surface area (Å²) < 4.78 is 47.6. The zero-order valence-corrected chi connectivity index (χ0v) is 17.7. The molecule has 2 aromatic heterocycles. The maximum Gasteiger partial charge on any atom is 0.573 e. The molecule has 0 bridgehead atoms. The molecule has 1 amide bonds. The molecule has 5 rings (SSSR count). The number of hydrogen-bond donors (Lipinski definition) is 1. The fourth-order valence-electron chi connectivity index (χ4n) is 4.15. The van der Waals surface area contributed by atoms with Crippen molar-refractivity contribution < 1.29 is 27.4 Å². The van der Waals surface area contributed by atoms with Crippen LogP contribution in [0.3, 0.4) is 0 Å². The lowest BCUT2D eigenvalue weighted by molar-refractivity contribution is -0.274. The average Bonchev–Trinajstić information content (AvgIpc) is 2.83. The Morgan fingerprint density at radius 2 is 1.76 bits per heavy atom. The Morgan fingerprint density at radius 1 is 1.00 bits per heavy atom. The number of amides is 1. The molecule has 0 fully saturated rings. The quantitative estimate of drug-likeness (QED) is 0.460. The van der Waals surface area contributed by atoms with Gasteiger partial charge in [-0.25, -0.2) is 0 Å². The zero-order chi connectivity index (χ0) is 23.8. The van der Waals surface area contributed by atoms with Gasteiger partial charge in [-0.2, -0.15) is 0 Å². The van der Waals surface area contributed by atoms with Gasteiger partial charge in [-0.05, 0) is 48.0 Å². The van der Waals surface area contributed by atoms with Crippen LogP contribution < -0.4 is 14.8 Å². The van der Waals surface area contributed by atoms with Gasteiger partial charge in [0.05, 0.1) is 12.1 Å². The van der Waals surface area contributed by atoms with E-state index in [-0.39, 0.29) is 18.3 Å². The van der Waals surface area contributed by atoms with Crippen LogP contribution in [0.2, 0.25) is 0 Å². The van der Waals surface area contributed by atoms with Crippen molar-refractivity contribution in [2.45, 2.75) is 18.3 Å². The summed E-state index contributed by atoms with van der Waals surface area (Å²) in [5.74, 6) is -0.238. The Kier molecular flexibility index (Phi) is 5.31. The van der Waals surface area contributed by atoms with Crippen molar-refractivity contribution in [2.75, 3.05) is 6.61 Å². The highest BCUT2D eigenvalue weighted by Gasteiger charge is 2.42.